The van der Waals surface area contributed by atoms with Crippen molar-refractivity contribution in [3.05, 3.63) is 21.4 Å². The van der Waals surface area contributed by atoms with Crippen molar-refractivity contribution < 1.29 is 0 Å². The van der Waals surface area contributed by atoms with E-state index in [0.717, 1.165) is 12.5 Å². The average molecular weight is 280 g/mol. The number of nitrogens with one attached hydrogen (secondary N) is 1. The Morgan fingerprint density at radius 2 is 2.21 bits per heavy atom. The van der Waals surface area contributed by atoms with Crippen LogP contribution in [-0.4, -0.2) is 30.6 Å². The summed E-state index contributed by atoms with van der Waals surface area (Å²) in [6.45, 7) is 13.9. The largest absolute Gasteiger partial charge is 0.316 e. The molecule has 1 aliphatic rings. The van der Waals surface area contributed by atoms with Gasteiger partial charge in [0.2, 0.25) is 0 Å². The zero-order valence-corrected chi connectivity index (χ0v) is 13.6. The van der Waals surface area contributed by atoms with E-state index in [0.29, 0.717) is 6.04 Å². The maximum Gasteiger partial charge on any atom is 0.0247 e. The zero-order valence-electron chi connectivity index (χ0n) is 12.8. The highest BCUT2D eigenvalue weighted by molar-refractivity contribution is 7.12. The van der Waals surface area contributed by atoms with Crippen LogP contribution in [0.4, 0.5) is 0 Å². The van der Waals surface area contributed by atoms with E-state index < -0.39 is 0 Å². The van der Waals surface area contributed by atoms with Crippen LogP contribution in [-0.2, 0) is 6.54 Å². The fraction of sp³-hybridized carbons (Fsp3) is 0.750. The number of hydrogen-bond donors (Lipinski definition) is 1. The van der Waals surface area contributed by atoms with E-state index in [1.807, 2.05) is 11.3 Å². The molecule has 108 valence electrons. The molecule has 19 heavy (non-hydrogen) atoms. The molecular weight excluding hydrogens is 252 g/mol. The molecule has 1 aromatic heterocycles. The van der Waals surface area contributed by atoms with E-state index in [9.17, 15) is 0 Å². The lowest BCUT2D eigenvalue weighted by Crippen LogP contribution is -2.40. The minimum Gasteiger partial charge on any atom is -0.316 e. The second-order valence-electron chi connectivity index (χ2n) is 6.17. The van der Waals surface area contributed by atoms with Gasteiger partial charge in [0, 0.05) is 28.9 Å². The Morgan fingerprint density at radius 1 is 1.42 bits per heavy atom. The second kappa shape index (κ2) is 6.87. The van der Waals surface area contributed by atoms with Gasteiger partial charge in [-0.2, -0.15) is 0 Å². The lowest BCUT2D eigenvalue weighted by atomic mass is 9.98. The fourth-order valence-electron chi connectivity index (χ4n) is 2.93. The first-order chi connectivity index (χ1) is 9.06. The van der Waals surface area contributed by atoms with Crippen molar-refractivity contribution in [1.82, 2.24) is 10.2 Å². The predicted octanol–water partition coefficient (Wildman–Crippen LogP) is 3.57. The van der Waals surface area contributed by atoms with Crippen molar-refractivity contribution in [3.8, 4) is 0 Å². The van der Waals surface area contributed by atoms with E-state index in [-0.39, 0.29) is 0 Å². The highest BCUT2D eigenvalue weighted by Crippen LogP contribution is 2.24. The molecule has 1 fully saturated rings. The number of thiophene rings is 1. The fourth-order valence-corrected chi connectivity index (χ4v) is 3.87. The molecule has 1 aliphatic heterocycles. The SMILES string of the molecule is Cc1cc(CN(CC2CCCNC2)C(C)C)c(C)s1. The van der Waals surface area contributed by atoms with Crippen molar-refractivity contribution in [2.24, 2.45) is 5.92 Å². The second-order valence-corrected chi connectivity index (χ2v) is 7.63. The minimum absolute atomic E-state index is 0.626. The summed E-state index contributed by atoms with van der Waals surface area (Å²) in [6.07, 6.45) is 2.73. The number of nitrogens with zero attached hydrogens (tertiary/aromatic N) is 1. The molecule has 2 heterocycles. The smallest absolute Gasteiger partial charge is 0.0247 e. The van der Waals surface area contributed by atoms with E-state index in [2.05, 4.69) is 44.0 Å². The quantitative estimate of drug-likeness (QED) is 0.887. The molecule has 2 nitrogen and oxygen atoms in total. The summed E-state index contributed by atoms with van der Waals surface area (Å²) in [4.78, 5) is 5.58. The number of hydrogen-bond acceptors (Lipinski definition) is 3. The monoisotopic (exact) mass is 280 g/mol. The molecule has 0 spiro atoms. The molecule has 0 amide bonds. The van der Waals surface area contributed by atoms with Crippen LogP contribution in [0.1, 0.15) is 42.0 Å². The van der Waals surface area contributed by atoms with E-state index >= 15 is 0 Å². The van der Waals surface area contributed by atoms with Crippen LogP contribution >= 0.6 is 11.3 Å². The van der Waals surface area contributed by atoms with Crippen LogP contribution in [0.3, 0.4) is 0 Å². The van der Waals surface area contributed by atoms with Crippen LogP contribution in [0.15, 0.2) is 6.07 Å². The van der Waals surface area contributed by atoms with Gasteiger partial charge in [0.05, 0.1) is 0 Å². The van der Waals surface area contributed by atoms with Gasteiger partial charge in [0.1, 0.15) is 0 Å². The molecule has 0 radical (unpaired) electrons. The zero-order chi connectivity index (χ0) is 13.8. The summed E-state index contributed by atoms with van der Waals surface area (Å²) >= 11 is 1.93. The Bertz CT molecular complexity index is 391. The average Bonchev–Trinajstić information content (AvgIpc) is 2.68. The lowest BCUT2D eigenvalue weighted by Gasteiger charge is -2.32. The van der Waals surface area contributed by atoms with Gasteiger partial charge < -0.3 is 5.32 Å². The molecule has 1 saturated heterocycles. The molecule has 1 atom stereocenters. The van der Waals surface area contributed by atoms with Crippen molar-refractivity contribution in [2.45, 2.75) is 53.1 Å². The molecule has 0 saturated carbocycles. The summed E-state index contributed by atoms with van der Waals surface area (Å²) in [5.74, 6) is 0.830. The third-order valence-corrected chi connectivity index (χ3v) is 5.15. The first-order valence-corrected chi connectivity index (χ1v) is 8.38. The number of rotatable bonds is 5. The standard InChI is InChI=1S/C16H28N2S/c1-12(2)18(10-15-6-5-7-17-9-15)11-16-8-13(3)19-14(16)4/h8,12,15,17H,5-7,9-11H2,1-4H3. The summed E-state index contributed by atoms with van der Waals surface area (Å²) < 4.78 is 0. The van der Waals surface area contributed by atoms with Gasteiger partial charge in [0.15, 0.2) is 0 Å². The molecule has 1 aromatic rings. The van der Waals surface area contributed by atoms with Gasteiger partial charge in [-0.05, 0) is 71.2 Å². The lowest BCUT2D eigenvalue weighted by molar-refractivity contribution is 0.164. The molecule has 3 heteroatoms. The maximum atomic E-state index is 3.53. The van der Waals surface area contributed by atoms with E-state index in [4.69, 9.17) is 0 Å². The topological polar surface area (TPSA) is 15.3 Å². The van der Waals surface area contributed by atoms with Crippen LogP contribution in [0.25, 0.3) is 0 Å². The molecule has 0 aromatic carbocycles. The Morgan fingerprint density at radius 3 is 2.74 bits per heavy atom. The number of piperidine rings is 1. The van der Waals surface area contributed by atoms with Gasteiger partial charge in [-0.3, -0.25) is 4.90 Å². The van der Waals surface area contributed by atoms with E-state index in [1.165, 1.54) is 47.8 Å². The van der Waals surface area contributed by atoms with Crippen LogP contribution < -0.4 is 5.32 Å². The summed E-state index contributed by atoms with van der Waals surface area (Å²) in [5, 5.41) is 3.53. The summed E-state index contributed by atoms with van der Waals surface area (Å²) in [6, 6.07) is 3.00. The molecule has 0 bridgehead atoms. The minimum atomic E-state index is 0.626. The van der Waals surface area contributed by atoms with Crippen molar-refractivity contribution in [2.75, 3.05) is 19.6 Å². The third-order valence-electron chi connectivity index (χ3n) is 4.14. The Hall–Kier alpha value is -0.380. The first kappa shape index (κ1) is 15.0. The first-order valence-electron chi connectivity index (χ1n) is 7.57. The van der Waals surface area contributed by atoms with Crippen LogP contribution in [0.5, 0.6) is 0 Å². The molecule has 1 unspecified atom stereocenters. The Balaban J connectivity index is 1.97. The molecular formula is C16H28N2S. The van der Waals surface area contributed by atoms with Crippen molar-refractivity contribution >= 4 is 11.3 Å². The molecule has 2 rings (SSSR count). The van der Waals surface area contributed by atoms with Gasteiger partial charge in [0.25, 0.3) is 0 Å². The van der Waals surface area contributed by atoms with Crippen LogP contribution in [0.2, 0.25) is 0 Å². The Kier molecular flexibility index (Phi) is 5.43. The highest BCUT2D eigenvalue weighted by atomic mass is 32.1. The third kappa shape index (κ3) is 4.30. The highest BCUT2D eigenvalue weighted by Gasteiger charge is 2.19. The van der Waals surface area contributed by atoms with Gasteiger partial charge in [-0.1, -0.05) is 0 Å². The van der Waals surface area contributed by atoms with Crippen molar-refractivity contribution in [1.29, 1.82) is 0 Å². The molecule has 1 N–H and O–H groups in total. The summed E-state index contributed by atoms with van der Waals surface area (Å²) in [5.41, 5.74) is 1.53. The van der Waals surface area contributed by atoms with Gasteiger partial charge in [-0.25, -0.2) is 0 Å². The Labute approximate surface area is 122 Å². The molecule has 0 aliphatic carbocycles. The summed E-state index contributed by atoms with van der Waals surface area (Å²) in [7, 11) is 0. The normalized spacial score (nSPS) is 20.4. The van der Waals surface area contributed by atoms with Crippen molar-refractivity contribution in [3.63, 3.8) is 0 Å². The maximum absolute atomic E-state index is 3.53. The van der Waals surface area contributed by atoms with Gasteiger partial charge >= 0.3 is 0 Å². The van der Waals surface area contributed by atoms with Gasteiger partial charge in [-0.15, -0.1) is 11.3 Å². The van der Waals surface area contributed by atoms with Crippen LogP contribution in [0, 0.1) is 19.8 Å². The van der Waals surface area contributed by atoms with E-state index in [1.54, 1.807) is 0 Å². The predicted molar refractivity (Wildman–Crippen MR) is 84.9 cm³/mol. The number of aryl methyl sites for hydroxylation is 2.